The molecule has 3 aromatic heterocycles. The van der Waals surface area contributed by atoms with Crippen molar-refractivity contribution in [2.24, 2.45) is 0 Å². The normalized spacial score (nSPS) is 15.3. The Labute approximate surface area is 285 Å². The monoisotopic (exact) mass is 663 g/mol. The number of nitrogens with one attached hydrogen (secondary N) is 1. The molecule has 0 fully saturated rings. The van der Waals surface area contributed by atoms with Gasteiger partial charge in [-0.25, -0.2) is 0 Å². The van der Waals surface area contributed by atoms with E-state index in [1.165, 1.54) is 75.7 Å². The summed E-state index contributed by atoms with van der Waals surface area (Å²) in [6.07, 6.45) is 0. The van der Waals surface area contributed by atoms with Crippen LogP contribution in [0.4, 0.5) is 0 Å². The highest BCUT2D eigenvalue weighted by molar-refractivity contribution is 7.03. The number of benzene rings is 6. The van der Waals surface area contributed by atoms with Crippen molar-refractivity contribution in [3.05, 3.63) is 121 Å². The lowest BCUT2D eigenvalue weighted by Crippen LogP contribution is -2.57. The van der Waals surface area contributed by atoms with Gasteiger partial charge in [-0.15, -0.1) is 10.2 Å². The van der Waals surface area contributed by atoms with Crippen LogP contribution in [0.1, 0.15) is 0 Å². The van der Waals surface area contributed by atoms with E-state index in [0.717, 1.165) is 22.8 Å². The Hall–Kier alpha value is -5.51. The van der Waals surface area contributed by atoms with Gasteiger partial charge in [0.05, 0.1) is 22.1 Å². The average molecular weight is 664 g/mol. The van der Waals surface area contributed by atoms with Crippen molar-refractivity contribution >= 4 is 80.5 Å². The Kier molecular flexibility index (Phi) is 5.12. The Bertz CT molecular complexity index is 2710. The number of fused-ring (bicyclic) bond motifs is 10. The summed E-state index contributed by atoms with van der Waals surface area (Å²) in [5, 5.41) is 20.7. The van der Waals surface area contributed by atoms with Crippen LogP contribution in [-0.2, 0) is 0 Å². The fourth-order valence-electron chi connectivity index (χ4n) is 9.14. The molecule has 1 N–H and O–H groups in total. The standard InChI is InChI=1S/C42H33N5Si2/c1-48(2)35-21-19-25(23-33(35)46-31-15-7-5-11-27(31)29-13-9-17-37(48)39(29)46)41-43-42(45-44-41)26-20-22-36-34(24-26)47-32-16-8-6-12-28(32)30-14-10-18-38(40(30)47)49(36,3)4/h5-24H,1-4H3,(H,43,44,45). The number of para-hydroxylation sites is 4. The van der Waals surface area contributed by atoms with Crippen LogP contribution in [-0.4, -0.2) is 40.5 Å². The molecular formula is C42H33N5Si2. The molecule has 6 aromatic carbocycles. The number of aromatic nitrogens is 5. The highest BCUT2D eigenvalue weighted by atomic mass is 28.3. The quantitative estimate of drug-likeness (QED) is 0.194. The van der Waals surface area contributed by atoms with Crippen molar-refractivity contribution in [2.45, 2.75) is 26.2 Å². The third-order valence-electron chi connectivity index (χ3n) is 11.6. The summed E-state index contributed by atoms with van der Waals surface area (Å²) in [4.78, 5) is 3.63. The number of nitrogens with zero attached hydrogens (tertiary/aromatic N) is 4. The van der Waals surface area contributed by atoms with Crippen molar-refractivity contribution in [3.63, 3.8) is 0 Å². The maximum Gasteiger partial charge on any atom is 0.161 e. The first kappa shape index (κ1) is 27.4. The Morgan fingerprint density at radius 1 is 0.449 bits per heavy atom. The van der Waals surface area contributed by atoms with Gasteiger partial charge in [0.15, 0.2) is 11.6 Å². The zero-order valence-corrected chi connectivity index (χ0v) is 29.8. The first-order valence-electron chi connectivity index (χ1n) is 17.1. The van der Waals surface area contributed by atoms with Gasteiger partial charge >= 0.3 is 0 Å². The summed E-state index contributed by atoms with van der Waals surface area (Å²) in [6, 6.07) is 45.2. The van der Waals surface area contributed by atoms with Gasteiger partial charge in [-0.3, -0.25) is 0 Å². The summed E-state index contributed by atoms with van der Waals surface area (Å²) in [5.41, 5.74) is 9.84. The van der Waals surface area contributed by atoms with Crippen molar-refractivity contribution in [3.8, 4) is 34.2 Å². The molecule has 0 bridgehead atoms. The van der Waals surface area contributed by atoms with Gasteiger partial charge in [0, 0.05) is 44.0 Å². The summed E-state index contributed by atoms with van der Waals surface area (Å²) in [7, 11) is -3.89. The van der Waals surface area contributed by atoms with Gasteiger partial charge in [0.25, 0.3) is 0 Å². The molecule has 0 saturated heterocycles. The second-order valence-corrected chi connectivity index (χ2v) is 23.5. The molecule has 0 aliphatic carbocycles. The second-order valence-electron chi connectivity index (χ2n) is 14.8. The molecule has 2 aliphatic heterocycles. The maximum absolute atomic E-state index is 4.74. The average Bonchev–Trinajstić information content (AvgIpc) is 3.84. The molecule has 5 nitrogen and oxygen atoms in total. The van der Waals surface area contributed by atoms with E-state index < -0.39 is 16.1 Å². The van der Waals surface area contributed by atoms with E-state index >= 15 is 0 Å². The van der Waals surface area contributed by atoms with Crippen LogP contribution in [0.15, 0.2) is 121 Å². The maximum atomic E-state index is 4.74. The fraction of sp³-hybridized carbons (Fsp3) is 0.0952. The first-order chi connectivity index (χ1) is 23.8. The minimum Gasteiger partial charge on any atom is -0.321 e. The van der Waals surface area contributed by atoms with Crippen molar-refractivity contribution in [1.82, 2.24) is 24.3 Å². The van der Waals surface area contributed by atoms with Crippen LogP contribution in [0.2, 0.25) is 26.2 Å². The first-order valence-corrected chi connectivity index (χ1v) is 23.1. The smallest absolute Gasteiger partial charge is 0.161 e. The third-order valence-corrected chi connectivity index (χ3v) is 18.6. The van der Waals surface area contributed by atoms with Gasteiger partial charge in [-0.1, -0.05) is 123 Å². The van der Waals surface area contributed by atoms with Crippen LogP contribution in [0.5, 0.6) is 0 Å². The van der Waals surface area contributed by atoms with E-state index in [1.54, 1.807) is 0 Å². The molecular weight excluding hydrogens is 631 g/mol. The van der Waals surface area contributed by atoms with Crippen LogP contribution in [0.25, 0.3) is 77.8 Å². The SMILES string of the molecule is C[Si]1(C)c2ccc(-c3nnc(-c4ccc5c(c4)-n4c6ccccc6c6cccc(c64)[Si]5(C)C)[nH]3)cc2-n2c3ccccc3c3cccc1c32. The number of hydrogen-bond donors (Lipinski definition) is 1. The minimum absolute atomic E-state index is 0.787. The van der Waals surface area contributed by atoms with Crippen LogP contribution in [0.3, 0.4) is 0 Å². The van der Waals surface area contributed by atoms with Crippen LogP contribution < -0.4 is 20.7 Å². The molecule has 0 amide bonds. The molecule has 0 unspecified atom stereocenters. The van der Waals surface area contributed by atoms with E-state index in [1.807, 2.05) is 0 Å². The molecule has 0 radical (unpaired) electrons. The van der Waals surface area contributed by atoms with Gasteiger partial charge in [0.1, 0.15) is 16.1 Å². The zero-order chi connectivity index (χ0) is 32.8. The highest BCUT2D eigenvalue weighted by Crippen LogP contribution is 2.38. The second kappa shape index (κ2) is 9.13. The third kappa shape index (κ3) is 3.38. The largest absolute Gasteiger partial charge is 0.321 e. The molecule has 234 valence electrons. The Morgan fingerprint density at radius 3 is 1.35 bits per heavy atom. The minimum atomic E-state index is -1.95. The van der Waals surface area contributed by atoms with E-state index in [-0.39, 0.29) is 0 Å². The zero-order valence-electron chi connectivity index (χ0n) is 27.8. The Balaban J connectivity index is 1.07. The van der Waals surface area contributed by atoms with Crippen molar-refractivity contribution in [2.75, 3.05) is 0 Å². The molecule has 11 rings (SSSR count). The van der Waals surface area contributed by atoms with Crippen molar-refractivity contribution < 1.29 is 0 Å². The lowest BCUT2D eigenvalue weighted by atomic mass is 10.1. The lowest BCUT2D eigenvalue weighted by Gasteiger charge is -2.33. The number of H-pyrrole nitrogens is 1. The predicted molar refractivity (Wildman–Crippen MR) is 209 cm³/mol. The van der Waals surface area contributed by atoms with Gasteiger partial charge in [-0.2, -0.15) is 0 Å². The molecule has 7 heteroatoms. The van der Waals surface area contributed by atoms with E-state index in [4.69, 9.17) is 10.2 Å². The Morgan fingerprint density at radius 2 is 0.878 bits per heavy atom. The van der Waals surface area contributed by atoms with Gasteiger partial charge in [-0.05, 0) is 45.0 Å². The van der Waals surface area contributed by atoms with E-state index in [0.29, 0.717) is 0 Å². The number of hydrogen-bond acceptors (Lipinski definition) is 2. The molecule has 0 atom stereocenters. The predicted octanol–water partition coefficient (Wildman–Crippen LogP) is 7.60. The van der Waals surface area contributed by atoms with Gasteiger partial charge in [0.2, 0.25) is 0 Å². The van der Waals surface area contributed by atoms with E-state index in [2.05, 4.69) is 162 Å². The summed E-state index contributed by atoms with van der Waals surface area (Å²) in [6.45, 7) is 9.92. The van der Waals surface area contributed by atoms with Crippen LogP contribution in [0, 0.1) is 0 Å². The molecule has 5 heterocycles. The van der Waals surface area contributed by atoms with Crippen molar-refractivity contribution in [1.29, 1.82) is 0 Å². The summed E-state index contributed by atoms with van der Waals surface area (Å²) >= 11 is 0. The molecule has 9 aromatic rings. The number of rotatable bonds is 2. The fourth-order valence-corrected chi connectivity index (χ4v) is 15.1. The highest BCUT2D eigenvalue weighted by Gasteiger charge is 2.38. The molecule has 2 aliphatic rings. The van der Waals surface area contributed by atoms with Gasteiger partial charge < -0.3 is 14.1 Å². The topological polar surface area (TPSA) is 51.4 Å². The molecule has 0 spiro atoms. The molecule has 0 saturated carbocycles. The van der Waals surface area contributed by atoms with Crippen LogP contribution >= 0.6 is 0 Å². The number of aromatic amines is 1. The summed E-state index contributed by atoms with van der Waals surface area (Å²) < 4.78 is 4.98. The lowest BCUT2D eigenvalue weighted by molar-refractivity contribution is 1.10. The summed E-state index contributed by atoms with van der Waals surface area (Å²) in [5.74, 6) is 1.57. The molecule has 49 heavy (non-hydrogen) atoms. The van der Waals surface area contributed by atoms with E-state index in [9.17, 15) is 0 Å².